The van der Waals surface area contributed by atoms with Gasteiger partial charge in [-0.2, -0.15) is 0 Å². The Balaban J connectivity index is 2.04. The van der Waals surface area contributed by atoms with E-state index in [-0.39, 0.29) is 18.2 Å². The summed E-state index contributed by atoms with van der Waals surface area (Å²) < 4.78 is 0.999. The molecule has 0 bridgehead atoms. The van der Waals surface area contributed by atoms with E-state index in [1.54, 1.807) is 6.07 Å². The predicted molar refractivity (Wildman–Crippen MR) is 90.1 cm³/mol. The molecule has 1 unspecified atom stereocenters. The molecule has 2 aromatic carbocycles. The van der Waals surface area contributed by atoms with E-state index < -0.39 is 5.41 Å². The molecule has 0 N–H and O–H groups in total. The summed E-state index contributed by atoms with van der Waals surface area (Å²) >= 11 is 2.18. The normalized spacial score (nSPS) is 21.9. The van der Waals surface area contributed by atoms with E-state index in [9.17, 15) is 9.59 Å². The number of hydrogen-bond donors (Lipinski definition) is 0. The fourth-order valence-corrected chi connectivity index (χ4v) is 3.25. The quantitative estimate of drug-likeness (QED) is 0.581. The Hall–Kier alpha value is -1.69. The van der Waals surface area contributed by atoms with Gasteiger partial charge in [-0.1, -0.05) is 36.4 Å². The van der Waals surface area contributed by atoms with Crippen molar-refractivity contribution in [3.63, 3.8) is 0 Å². The molecule has 1 aliphatic rings. The standard InChI is InChI=1S/C17H14INO2/c1-17(12-6-3-2-4-7-12)11-15(20)19(16(17)21)14-9-5-8-13(18)10-14/h2-10H,11H2,1H3. The SMILES string of the molecule is CC1(c2ccccc2)CC(=O)N(c2cccc(I)c2)C1=O. The van der Waals surface area contributed by atoms with E-state index in [1.807, 2.05) is 55.5 Å². The van der Waals surface area contributed by atoms with Crippen molar-refractivity contribution in [1.29, 1.82) is 0 Å². The fraction of sp³-hybridized carbons (Fsp3) is 0.176. The number of halogens is 1. The van der Waals surface area contributed by atoms with Gasteiger partial charge in [0.2, 0.25) is 11.8 Å². The third-order valence-corrected chi connectivity index (χ3v) is 4.58. The fourth-order valence-electron chi connectivity index (χ4n) is 2.73. The average Bonchev–Trinajstić information content (AvgIpc) is 2.71. The molecule has 21 heavy (non-hydrogen) atoms. The summed E-state index contributed by atoms with van der Waals surface area (Å²) in [5.41, 5.74) is 0.757. The molecule has 0 spiro atoms. The third-order valence-electron chi connectivity index (χ3n) is 3.91. The van der Waals surface area contributed by atoms with Gasteiger partial charge in [-0.25, -0.2) is 4.90 Å². The number of hydrogen-bond acceptors (Lipinski definition) is 2. The monoisotopic (exact) mass is 391 g/mol. The number of anilines is 1. The zero-order valence-electron chi connectivity index (χ0n) is 11.5. The Bertz CT molecular complexity index is 714. The lowest BCUT2D eigenvalue weighted by atomic mass is 9.81. The van der Waals surface area contributed by atoms with Crippen LogP contribution in [-0.2, 0) is 15.0 Å². The Morgan fingerprint density at radius 1 is 1.05 bits per heavy atom. The average molecular weight is 391 g/mol. The maximum absolute atomic E-state index is 12.9. The molecule has 1 heterocycles. The summed E-state index contributed by atoms with van der Waals surface area (Å²) in [4.78, 5) is 26.6. The highest BCUT2D eigenvalue weighted by molar-refractivity contribution is 14.1. The molecule has 2 aromatic rings. The van der Waals surface area contributed by atoms with Crippen molar-refractivity contribution in [2.24, 2.45) is 0 Å². The number of nitrogens with zero attached hydrogens (tertiary/aromatic N) is 1. The lowest BCUT2D eigenvalue weighted by Crippen LogP contribution is -2.36. The van der Waals surface area contributed by atoms with Gasteiger partial charge in [-0.15, -0.1) is 0 Å². The second-order valence-electron chi connectivity index (χ2n) is 5.39. The van der Waals surface area contributed by atoms with E-state index in [4.69, 9.17) is 0 Å². The third kappa shape index (κ3) is 2.37. The van der Waals surface area contributed by atoms with Crippen LogP contribution in [0.15, 0.2) is 54.6 Å². The Labute approximate surface area is 137 Å². The Morgan fingerprint density at radius 3 is 2.43 bits per heavy atom. The summed E-state index contributed by atoms with van der Waals surface area (Å²) in [5.74, 6) is -0.297. The zero-order chi connectivity index (χ0) is 15.0. The molecule has 3 rings (SSSR count). The topological polar surface area (TPSA) is 37.4 Å². The molecule has 4 heteroatoms. The van der Waals surface area contributed by atoms with Gasteiger partial charge in [-0.05, 0) is 53.3 Å². The van der Waals surface area contributed by atoms with Crippen molar-refractivity contribution in [1.82, 2.24) is 0 Å². The molecule has 0 aromatic heterocycles. The number of imide groups is 1. The van der Waals surface area contributed by atoms with Gasteiger partial charge in [0.15, 0.2) is 0 Å². The van der Waals surface area contributed by atoms with Crippen molar-refractivity contribution >= 4 is 40.1 Å². The summed E-state index contributed by atoms with van der Waals surface area (Å²) in [5, 5.41) is 0. The van der Waals surface area contributed by atoms with Crippen LogP contribution in [0.1, 0.15) is 18.9 Å². The molecule has 1 atom stereocenters. The maximum atomic E-state index is 12.9. The highest BCUT2D eigenvalue weighted by Crippen LogP contribution is 2.38. The first kappa shape index (κ1) is 14.3. The first-order chi connectivity index (χ1) is 10.0. The van der Waals surface area contributed by atoms with Gasteiger partial charge in [0.1, 0.15) is 0 Å². The molecule has 106 valence electrons. The molecule has 1 saturated heterocycles. The van der Waals surface area contributed by atoms with Crippen LogP contribution >= 0.6 is 22.6 Å². The lowest BCUT2D eigenvalue weighted by Gasteiger charge is -2.22. The predicted octanol–water partition coefficient (Wildman–Crippen LogP) is 3.51. The minimum Gasteiger partial charge on any atom is -0.274 e. The van der Waals surface area contributed by atoms with Crippen LogP contribution in [0.3, 0.4) is 0 Å². The number of benzene rings is 2. The molecular formula is C17H14INO2. The molecule has 3 nitrogen and oxygen atoms in total. The van der Waals surface area contributed by atoms with Crippen LogP contribution in [0.4, 0.5) is 5.69 Å². The van der Waals surface area contributed by atoms with Crippen LogP contribution in [0.2, 0.25) is 0 Å². The van der Waals surface area contributed by atoms with Gasteiger partial charge in [0, 0.05) is 9.99 Å². The number of rotatable bonds is 2. The van der Waals surface area contributed by atoms with Gasteiger partial charge in [-0.3, -0.25) is 9.59 Å². The van der Waals surface area contributed by atoms with Crippen molar-refractivity contribution in [3.8, 4) is 0 Å². The van der Waals surface area contributed by atoms with E-state index in [2.05, 4.69) is 22.6 Å². The van der Waals surface area contributed by atoms with Crippen molar-refractivity contribution < 1.29 is 9.59 Å². The summed E-state index contributed by atoms with van der Waals surface area (Å²) in [6.07, 6.45) is 0.210. The Kier molecular flexibility index (Phi) is 3.57. The highest BCUT2D eigenvalue weighted by Gasteiger charge is 2.49. The summed E-state index contributed by atoms with van der Waals surface area (Å²) in [6, 6.07) is 17.0. The molecule has 0 saturated carbocycles. The largest absolute Gasteiger partial charge is 0.274 e. The van der Waals surface area contributed by atoms with Crippen molar-refractivity contribution in [2.45, 2.75) is 18.8 Å². The molecule has 1 fully saturated rings. The number of amides is 2. The second-order valence-corrected chi connectivity index (χ2v) is 6.63. The zero-order valence-corrected chi connectivity index (χ0v) is 13.7. The van der Waals surface area contributed by atoms with Gasteiger partial charge in [0.05, 0.1) is 11.1 Å². The first-order valence-corrected chi connectivity index (χ1v) is 7.79. The lowest BCUT2D eigenvalue weighted by molar-refractivity contribution is -0.122. The van der Waals surface area contributed by atoms with E-state index >= 15 is 0 Å². The van der Waals surface area contributed by atoms with Crippen LogP contribution in [0.5, 0.6) is 0 Å². The number of carbonyl (C=O) groups is 2. The van der Waals surface area contributed by atoms with Crippen LogP contribution < -0.4 is 4.90 Å². The van der Waals surface area contributed by atoms with Gasteiger partial charge < -0.3 is 0 Å². The summed E-state index contributed by atoms with van der Waals surface area (Å²) in [7, 11) is 0. The second kappa shape index (κ2) is 5.26. The molecule has 0 radical (unpaired) electrons. The minimum atomic E-state index is -0.778. The Morgan fingerprint density at radius 2 is 1.76 bits per heavy atom. The first-order valence-electron chi connectivity index (χ1n) is 6.71. The molecule has 2 amide bonds. The van der Waals surface area contributed by atoms with E-state index in [1.165, 1.54) is 4.90 Å². The maximum Gasteiger partial charge on any atom is 0.244 e. The smallest absolute Gasteiger partial charge is 0.244 e. The van der Waals surface area contributed by atoms with Crippen LogP contribution in [0, 0.1) is 3.57 Å². The van der Waals surface area contributed by atoms with E-state index in [0.717, 1.165) is 9.13 Å². The van der Waals surface area contributed by atoms with Crippen LogP contribution in [-0.4, -0.2) is 11.8 Å². The van der Waals surface area contributed by atoms with Crippen molar-refractivity contribution in [3.05, 3.63) is 63.7 Å². The number of carbonyl (C=O) groups excluding carboxylic acids is 2. The van der Waals surface area contributed by atoms with Crippen LogP contribution in [0.25, 0.3) is 0 Å². The minimum absolute atomic E-state index is 0.145. The van der Waals surface area contributed by atoms with E-state index in [0.29, 0.717) is 5.69 Å². The van der Waals surface area contributed by atoms with Gasteiger partial charge >= 0.3 is 0 Å². The van der Waals surface area contributed by atoms with Gasteiger partial charge in [0.25, 0.3) is 0 Å². The molecular weight excluding hydrogens is 377 g/mol. The molecule has 0 aliphatic carbocycles. The highest BCUT2D eigenvalue weighted by atomic mass is 127. The van der Waals surface area contributed by atoms with Crippen molar-refractivity contribution in [2.75, 3.05) is 4.90 Å². The molecule has 1 aliphatic heterocycles. The summed E-state index contributed by atoms with van der Waals surface area (Å²) in [6.45, 7) is 1.84.